The zero-order valence-corrected chi connectivity index (χ0v) is 20.6. The van der Waals surface area contributed by atoms with Crippen LogP contribution in [0.2, 0.25) is 10.0 Å². The van der Waals surface area contributed by atoms with Gasteiger partial charge in [-0.3, -0.25) is 19.0 Å². The fourth-order valence-electron chi connectivity index (χ4n) is 3.60. The molecular weight excluding hydrogens is 495 g/mol. The Bertz CT molecular complexity index is 1450. The van der Waals surface area contributed by atoms with E-state index in [2.05, 4.69) is 15.6 Å². The molecule has 34 heavy (non-hydrogen) atoms. The Kier molecular flexibility index (Phi) is 7.02. The predicted octanol–water partition coefficient (Wildman–Crippen LogP) is 5.92. The molecule has 0 fully saturated rings. The third-order valence-corrected chi connectivity index (χ3v) is 7.07. The summed E-state index contributed by atoms with van der Waals surface area (Å²) >= 11 is 13.2. The molecule has 7 nitrogen and oxygen atoms in total. The van der Waals surface area contributed by atoms with Gasteiger partial charge in [0, 0.05) is 10.7 Å². The number of aryl methyl sites for hydroxylation is 1. The molecule has 2 heterocycles. The Labute approximate surface area is 209 Å². The van der Waals surface area contributed by atoms with Gasteiger partial charge in [0.25, 0.3) is 11.5 Å². The highest BCUT2D eigenvalue weighted by Crippen LogP contribution is 2.29. The number of carbonyl (C=O) groups is 2. The number of nitrogens with one attached hydrogen (secondary N) is 2. The van der Waals surface area contributed by atoms with Crippen LogP contribution in [0.5, 0.6) is 0 Å². The highest BCUT2D eigenvalue weighted by Gasteiger charge is 2.25. The van der Waals surface area contributed by atoms with Gasteiger partial charge in [0.15, 0.2) is 0 Å². The van der Waals surface area contributed by atoms with Gasteiger partial charge in [0.1, 0.15) is 10.9 Å². The molecule has 4 rings (SSSR count). The minimum absolute atomic E-state index is 0.291. The van der Waals surface area contributed by atoms with Crippen LogP contribution in [0.1, 0.15) is 34.6 Å². The SMILES string of the molecule is CCC(C(=O)Nc1ccc(Cl)cc1Cl)n1cnc2sc(C(=O)Nc3ccccc3)c(C)c2c1=O. The van der Waals surface area contributed by atoms with Crippen LogP contribution in [0, 0.1) is 6.92 Å². The summed E-state index contributed by atoms with van der Waals surface area (Å²) in [6.45, 7) is 3.50. The van der Waals surface area contributed by atoms with Gasteiger partial charge in [-0.25, -0.2) is 4.98 Å². The van der Waals surface area contributed by atoms with E-state index >= 15 is 0 Å². The molecule has 2 aromatic heterocycles. The molecule has 1 atom stereocenters. The van der Waals surface area contributed by atoms with Gasteiger partial charge in [0.2, 0.25) is 5.91 Å². The quantitative estimate of drug-likeness (QED) is 0.334. The van der Waals surface area contributed by atoms with E-state index in [0.717, 1.165) is 11.3 Å². The first-order valence-corrected chi connectivity index (χ1v) is 12.0. The normalized spacial score (nSPS) is 11.9. The van der Waals surface area contributed by atoms with Crippen molar-refractivity contribution in [2.24, 2.45) is 0 Å². The second-order valence-electron chi connectivity index (χ2n) is 7.55. The highest BCUT2D eigenvalue weighted by molar-refractivity contribution is 7.20. The largest absolute Gasteiger partial charge is 0.323 e. The van der Waals surface area contributed by atoms with E-state index in [1.807, 2.05) is 18.2 Å². The zero-order valence-electron chi connectivity index (χ0n) is 18.3. The van der Waals surface area contributed by atoms with Gasteiger partial charge in [-0.2, -0.15) is 0 Å². The molecule has 0 spiro atoms. The summed E-state index contributed by atoms with van der Waals surface area (Å²) in [5.74, 6) is -0.732. The number of anilines is 2. The molecule has 0 aliphatic heterocycles. The maximum absolute atomic E-state index is 13.4. The third kappa shape index (κ3) is 4.70. The summed E-state index contributed by atoms with van der Waals surface area (Å²) in [6, 6.07) is 13.0. The maximum atomic E-state index is 13.4. The van der Waals surface area contributed by atoms with Gasteiger partial charge in [0.05, 0.1) is 27.3 Å². The van der Waals surface area contributed by atoms with Crippen molar-refractivity contribution >= 4 is 67.9 Å². The van der Waals surface area contributed by atoms with Crippen molar-refractivity contribution in [2.75, 3.05) is 10.6 Å². The Morgan fingerprint density at radius 2 is 1.85 bits per heavy atom. The average molecular weight is 515 g/mol. The summed E-state index contributed by atoms with van der Waals surface area (Å²) < 4.78 is 1.29. The number of hydrogen-bond donors (Lipinski definition) is 2. The first-order chi connectivity index (χ1) is 16.3. The molecule has 1 unspecified atom stereocenters. The van der Waals surface area contributed by atoms with Crippen molar-refractivity contribution in [1.29, 1.82) is 0 Å². The molecule has 0 saturated carbocycles. The lowest BCUT2D eigenvalue weighted by Gasteiger charge is -2.18. The number of aromatic nitrogens is 2. The van der Waals surface area contributed by atoms with Crippen LogP contribution < -0.4 is 16.2 Å². The molecule has 0 radical (unpaired) electrons. The van der Waals surface area contributed by atoms with Crippen LogP contribution in [0.3, 0.4) is 0 Å². The number of carbonyl (C=O) groups excluding carboxylic acids is 2. The first-order valence-electron chi connectivity index (χ1n) is 10.4. The summed E-state index contributed by atoms with van der Waals surface area (Å²) in [7, 11) is 0. The molecule has 0 saturated heterocycles. The second kappa shape index (κ2) is 9.97. The Morgan fingerprint density at radius 3 is 2.53 bits per heavy atom. The highest BCUT2D eigenvalue weighted by atomic mass is 35.5. The number of thiophene rings is 1. The van der Waals surface area contributed by atoms with E-state index in [-0.39, 0.29) is 11.5 Å². The van der Waals surface area contributed by atoms with Crippen molar-refractivity contribution < 1.29 is 9.59 Å². The molecule has 174 valence electrons. The van der Waals surface area contributed by atoms with Gasteiger partial charge in [-0.15, -0.1) is 11.3 Å². The number of halogens is 2. The Balaban J connectivity index is 1.66. The Hall–Kier alpha value is -3.20. The van der Waals surface area contributed by atoms with Crippen LogP contribution in [0.15, 0.2) is 59.7 Å². The number of nitrogens with zero attached hydrogens (tertiary/aromatic N) is 2. The number of hydrogen-bond acceptors (Lipinski definition) is 5. The van der Waals surface area contributed by atoms with Crippen molar-refractivity contribution in [3.8, 4) is 0 Å². The van der Waals surface area contributed by atoms with Crippen LogP contribution in [0.4, 0.5) is 11.4 Å². The summed E-state index contributed by atoms with van der Waals surface area (Å²) in [6.07, 6.45) is 1.69. The molecular formula is C24H20Cl2N4O3S. The van der Waals surface area contributed by atoms with E-state index in [0.29, 0.717) is 48.5 Å². The summed E-state index contributed by atoms with van der Waals surface area (Å²) in [5, 5.41) is 6.64. The van der Waals surface area contributed by atoms with E-state index in [1.165, 1.54) is 17.0 Å². The minimum atomic E-state index is -0.822. The predicted molar refractivity (Wildman–Crippen MR) is 137 cm³/mol. The van der Waals surface area contributed by atoms with Gasteiger partial charge in [-0.1, -0.05) is 48.3 Å². The van der Waals surface area contributed by atoms with Crippen LogP contribution in [-0.2, 0) is 4.79 Å². The molecule has 10 heteroatoms. The van der Waals surface area contributed by atoms with Crippen LogP contribution >= 0.6 is 34.5 Å². The van der Waals surface area contributed by atoms with Gasteiger partial charge < -0.3 is 10.6 Å². The molecule has 4 aromatic rings. The molecule has 2 N–H and O–H groups in total. The fourth-order valence-corrected chi connectivity index (χ4v) is 5.09. The number of benzene rings is 2. The molecule has 0 aliphatic rings. The minimum Gasteiger partial charge on any atom is -0.323 e. The van der Waals surface area contributed by atoms with Crippen molar-refractivity contribution in [3.05, 3.63) is 85.7 Å². The van der Waals surface area contributed by atoms with E-state index in [4.69, 9.17) is 23.2 Å². The summed E-state index contributed by atoms with van der Waals surface area (Å²) in [5.41, 5.74) is 1.18. The zero-order chi connectivity index (χ0) is 24.4. The number of amides is 2. The lowest BCUT2D eigenvalue weighted by Crippen LogP contribution is -2.33. The molecule has 2 aromatic carbocycles. The van der Waals surface area contributed by atoms with Crippen LogP contribution in [0.25, 0.3) is 10.2 Å². The van der Waals surface area contributed by atoms with Crippen molar-refractivity contribution in [3.63, 3.8) is 0 Å². The molecule has 0 bridgehead atoms. The fraction of sp³-hybridized carbons (Fsp3) is 0.167. The van der Waals surface area contributed by atoms with E-state index in [9.17, 15) is 14.4 Å². The topological polar surface area (TPSA) is 93.1 Å². The maximum Gasteiger partial charge on any atom is 0.266 e. The molecule has 0 aliphatic carbocycles. The standard InChI is InChI=1S/C24H20Cl2N4O3S/c1-3-18(21(31)29-17-10-9-14(25)11-16(17)26)30-12-27-23-19(24(30)33)13(2)20(34-23)22(32)28-15-7-5-4-6-8-15/h4-12,18H,3H2,1-2H3,(H,28,32)(H,29,31). The van der Waals surface area contributed by atoms with Crippen molar-refractivity contribution in [1.82, 2.24) is 9.55 Å². The number of rotatable bonds is 6. The lowest BCUT2D eigenvalue weighted by molar-refractivity contribution is -0.119. The van der Waals surface area contributed by atoms with Gasteiger partial charge >= 0.3 is 0 Å². The number of fused-ring (bicyclic) bond motifs is 1. The number of para-hydroxylation sites is 1. The second-order valence-corrected chi connectivity index (χ2v) is 9.39. The lowest BCUT2D eigenvalue weighted by atomic mass is 10.1. The van der Waals surface area contributed by atoms with Crippen molar-refractivity contribution in [2.45, 2.75) is 26.3 Å². The monoisotopic (exact) mass is 514 g/mol. The van der Waals surface area contributed by atoms with Crippen LogP contribution in [-0.4, -0.2) is 21.4 Å². The summed E-state index contributed by atoms with van der Waals surface area (Å²) in [4.78, 5) is 44.5. The van der Waals surface area contributed by atoms with E-state index < -0.39 is 11.9 Å². The van der Waals surface area contributed by atoms with E-state index in [1.54, 1.807) is 38.1 Å². The van der Waals surface area contributed by atoms with Gasteiger partial charge in [-0.05, 0) is 49.2 Å². The average Bonchev–Trinajstić information content (AvgIpc) is 3.15. The molecule has 2 amide bonds. The smallest absolute Gasteiger partial charge is 0.266 e. The Morgan fingerprint density at radius 1 is 1.12 bits per heavy atom. The third-order valence-electron chi connectivity index (χ3n) is 5.33. The first kappa shape index (κ1) is 23.9.